The molecule has 5 nitrogen and oxygen atoms in total. The molecular weight excluding hydrogens is 244 g/mol. The second-order valence-corrected chi connectivity index (χ2v) is 4.04. The Labute approximate surface area is 105 Å². The Kier molecular flexibility index (Phi) is 5.18. The highest BCUT2D eigenvalue weighted by atomic mass is 35.5. The molecular formula is C11H15ClN2O3. The van der Waals surface area contributed by atoms with Gasteiger partial charge in [0.15, 0.2) is 0 Å². The SMILES string of the molecule is CC(C)OCCOC(=O)c1cc(Cl)ncc1N. The van der Waals surface area contributed by atoms with Gasteiger partial charge in [-0.25, -0.2) is 9.78 Å². The minimum Gasteiger partial charge on any atom is -0.460 e. The fraction of sp³-hybridized carbons (Fsp3) is 0.455. The lowest BCUT2D eigenvalue weighted by molar-refractivity contribution is 0.0177. The van der Waals surface area contributed by atoms with Crippen LogP contribution < -0.4 is 5.73 Å². The van der Waals surface area contributed by atoms with Gasteiger partial charge in [-0.1, -0.05) is 11.6 Å². The van der Waals surface area contributed by atoms with E-state index < -0.39 is 5.97 Å². The number of ether oxygens (including phenoxy) is 2. The molecule has 0 radical (unpaired) electrons. The largest absolute Gasteiger partial charge is 0.460 e. The van der Waals surface area contributed by atoms with Crippen molar-refractivity contribution < 1.29 is 14.3 Å². The summed E-state index contributed by atoms with van der Waals surface area (Å²) in [6.45, 7) is 4.34. The van der Waals surface area contributed by atoms with Crippen LogP contribution in [0, 0.1) is 0 Å². The molecule has 0 unspecified atom stereocenters. The fourth-order valence-electron chi connectivity index (χ4n) is 1.11. The van der Waals surface area contributed by atoms with Crippen LogP contribution >= 0.6 is 11.6 Å². The summed E-state index contributed by atoms with van der Waals surface area (Å²) in [5.74, 6) is -0.529. The summed E-state index contributed by atoms with van der Waals surface area (Å²) >= 11 is 5.66. The van der Waals surface area contributed by atoms with Gasteiger partial charge in [0.2, 0.25) is 0 Å². The first kappa shape index (κ1) is 13.7. The van der Waals surface area contributed by atoms with Crippen molar-refractivity contribution in [1.29, 1.82) is 0 Å². The second-order valence-electron chi connectivity index (χ2n) is 3.65. The third-order valence-electron chi connectivity index (χ3n) is 1.89. The number of esters is 1. The summed E-state index contributed by atoms with van der Waals surface area (Å²) < 4.78 is 10.2. The lowest BCUT2D eigenvalue weighted by atomic mass is 10.2. The molecule has 0 saturated carbocycles. The number of carbonyl (C=O) groups excluding carboxylic acids is 1. The summed E-state index contributed by atoms with van der Waals surface area (Å²) in [6.07, 6.45) is 1.43. The monoisotopic (exact) mass is 258 g/mol. The van der Waals surface area contributed by atoms with Crippen LogP contribution in [0.25, 0.3) is 0 Å². The van der Waals surface area contributed by atoms with Gasteiger partial charge in [0.1, 0.15) is 11.8 Å². The highest BCUT2D eigenvalue weighted by Gasteiger charge is 2.12. The van der Waals surface area contributed by atoms with Gasteiger partial charge in [0.25, 0.3) is 0 Å². The zero-order valence-electron chi connectivity index (χ0n) is 9.77. The molecule has 0 bridgehead atoms. The van der Waals surface area contributed by atoms with Gasteiger partial charge in [-0.15, -0.1) is 0 Å². The molecule has 0 aliphatic rings. The molecule has 6 heteroatoms. The van der Waals surface area contributed by atoms with Gasteiger partial charge >= 0.3 is 5.97 Å². The predicted octanol–water partition coefficient (Wildman–Crippen LogP) is 1.90. The number of hydrogen-bond acceptors (Lipinski definition) is 5. The van der Waals surface area contributed by atoms with Crippen molar-refractivity contribution in [2.24, 2.45) is 0 Å². The molecule has 1 heterocycles. The molecule has 0 aromatic carbocycles. The van der Waals surface area contributed by atoms with Gasteiger partial charge in [-0.2, -0.15) is 0 Å². The number of rotatable bonds is 5. The van der Waals surface area contributed by atoms with Gasteiger partial charge in [0, 0.05) is 0 Å². The Morgan fingerprint density at radius 2 is 2.24 bits per heavy atom. The smallest absolute Gasteiger partial charge is 0.340 e. The number of nitrogens with two attached hydrogens (primary N) is 1. The summed E-state index contributed by atoms with van der Waals surface area (Å²) in [5, 5.41) is 0.199. The van der Waals surface area contributed by atoms with Crippen molar-refractivity contribution in [2.75, 3.05) is 18.9 Å². The topological polar surface area (TPSA) is 74.4 Å². The molecule has 94 valence electrons. The van der Waals surface area contributed by atoms with Crippen LogP contribution in [0.3, 0.4) is 0 Å². The third-order valence-corrected chi connectivity index (χ3v) is 2.10. The normalized spacial score (nSPS) is 10.6. The van der Waals surface area contributed by atoms with Crippen molar-refractivity contribution in [1.82, 2.24) is 4.98 Å². The quantitative estimate of drug-likeness (QED) is 0.496. The molecule has 0 aliphatic heterocycles. The summed E-state index contributed by atoms with van der Waals surface area (Å²) in [6, 6.07) is 1.38. The molecule has 0 amide bonds. The van der Waals surface area contributed by atoms with Gasteiger partial charge in [0.05, 0.1) is 30.2 Å². The van der Waals surface area contributed by atoms with Gasteiger partial charge in [-0.05, 0) is 19.9 Å². The summed E-state index contributed by atoms with van der Waals surface area (Å²) in [7, 11) is 0. The van der Waals surface area contributed by atoms with E-state index in [2.05, 4.69) is 4.98 Å². The maximum absolute atomic E-state index is 11.6. The Bertz CT molecular complexity index is 396. The number of pyridine rings is 1. The Morgan fingerprint density at radius 1 is 1.53 bits per heavy atom. The van der Waals surface area contributed by atoms with Crippen LogP contribution in [0.2, 0.25) is 5.15 Å². The van der Waals surface area contributed by atoms with E-state index in [-0.39, 0.29) is 29.1 Å². The number of halogens is 1. The Hall–Kier alpha value is -1.33. The zero-order chi connectivity index (χ0) is 12.8. The minimum atomic E-state index is -0.529. The first-order valence-corrected chi connectivity index (χ1v) is 5.58. The molecule has 2 N–H and O–H groups in total. The summed E-state index contributed by atoms with van der Waals surface area (Å²) in [5.41, 5.74) is 6.05. The highest BCUT2D eigenvalue weighted by Crippen LogP contribution is 2.15. The molecule has 0 spiro atoms. The molecule has 1 aromatic heterocycles. The fourth-order valence-corrected chi connectivity index (χ4v) is 1.27. The molecule has 17 heavy (non-hydrogen) atoms. The number of nitrogens with zero attached hydrogens (tertiary/aromatic N) is 1. The molecule has 1 rings (SSSR count). The van der Waals surface area contributed by atoms with Crippen LogP contribution in [0.4, 0.5) is 5.69 Å². The van der Waals surface area contributed by atoms with Crippen LogP contribution in [0.5, 0.6) is 0 Å². The van der Waals surface area contributed by atoms with E-state index in [1.54, 1.807) is 0 Å². The van der Waals surface area contributed by atoms with E-state index in [0.29, 0.717) is 6.61 Å². The number of aromatic nitrogens is 1. The standard InChI is InChI=1S/C11H15ClN2O3/c1-7(2)16-3-4-17-11(15)8-5-10(12)14-6-9(8)13/h5-7H,3-4,13H2,1-2H3. The minimum absolute atomic E-state index is 0.106. The van der Waals surface area contributed by atoms with Crippen molar-refractivity contribution in [3.05, 3.63) is 23.0 Å². The maximum atomic E-state index is 11.6. The van der Waals surface area contributed by atoms with Crippen LogP contribution in [0.1, 0.15) is 24.2 Å². The highest BCUT2D eigenvalue weighted by molar-refractivity contribution is 6.29. The first-order valence-electron chi connectivity index (χ1n) is 5.20. The lowest BCUT2D eigenvalue weighted by Crippen LogP contribution is -2.14. The van der Waals surface area contributed by atoms with Gasteiger partial charge < -0.3 is 15.2 Å². The van der Waals surface area contributed by atoms with E-state index in [4.69, 9.17) is 26.8 Å². The van der Waals surface area contributed by atoms with Crippen molar-refractivity contribution >= 4 is 23.3 Å². The van der Waals surface area contributed by atoms with Crippen LogP contribution in [-0.2, 0) is 9.47 Å². The number of hydrogen-bond donors (Lipinski definition) is 1. The molecule has 0 atom stereocenters. The maximum Gasteiger partial charge on any atom is 0.340 e. The van der Waals surface area contributed by atoms with Crippen molar-refractivity contribution in [3.63, 3.8) is 0 Å². The Morgan fingerprint density at radius 3 is 2.88 bits per heavy atom. The Balaban J connectivity index is 2.49. The first-order chi connectivity index (χ1) is 8.00. The molecule has 1 aromatic rings. The van der Waals surface area contributed by atoms with E-state index >= 15 is 0 Å². The molecule has 0 saturated heterocycles. The average molecular weight is 259 g/mol. The number of nitrogen functional groups attached to an aromatic ring is 1. The van der Waals surface area contributed by atoms with Crippen molar-refractivity contribution in [2.45, 2.75) is 20.0 Å². The van der Waals surface area contributed by atoms with Crippen molar-refractivity contribution in [3.8, 4) is 0 Å². The molecule has 0 aliphatic carbocycles. The average Bonchev–Trinajstić information content (AvgIpc) is 2.27. The number of carbonyl (C=O) groups is 1. The zero-order valence-corrected chi connectivity index (χ0v) is 10.5. The van der Waals surface area contributed by atoms with E-state index in [9.17, 15) is 4.79 Å². The summed E-state index contributed by atoms with van der Waals surface area (Å²) in [4.78, 5) is 15.4. The second kappa shape index (κ2) is 6.42. The van der Waals surface area contributed by atoms with E-state index in [1.165, 1.54) is 12.3 Å². The van der Waals surface area contributed by atoms with Gasteiger partial charge in [-0.3, -0.25) is 0 Å². The third kappa shape index (κ3) is 4.58. The van der Waals surface area contributed by atoms with Crippen LogP contribution in [-0.4, -0.2) is 30.3 Å². The van der Waals surface area contributed by atoms with E-state index in [0.717, 1.165) is 0 Å². The van der Waals surface area contributed by atoms with E-state index in [1.807, 2.05) is 13.8 Å². The molecule has 0 fully saturated rings. The van der Waals surface area contributed by atoms with Crippen LogP contribution in [0.15, 0.2) is 12.3 Å². The predicted molar refractivity (Wildman–Crippen MR) is 65.0 cm³/mol. The number of anilines is 1. The lowest BCUT2D eigenvalue weighted by Gasteiger charge is -2.09.